The standard InChI is InChI=1S/C15H15ClN2O3/c1-8-2-3-10(13(20)4-8)14-11-5-9(6-19)21-7-12(11)15(16)18-17-14/h2-4,9,19-20H,5-7H2,1H3/t9-/m0/s1. The van der Waals surface area contributed by atoms with Crippen LogP contribution >= 0.6 is 11.6 Å². The first-order chi connectivity index (χ1) is 10.1. The Morgan fingerprint density at radius 1 is 1.33 bits per heavy atom. The van der Waals surface area contributed by atoms with Crippen molar-refractivity contribution in [1.82, 2.24) is 10.2 Å². The lowest BCUT2D eigenvalue weighted by Gasteiger charge is -2.25. The number of phenolic OH excluding ortho intramolecular Hbond substituents is 1. The second-order valence-electron chi connectivity index (χ2n) is 5.14. The average molecular weight is 307 g/mol. The van der Waals surface area contributed by atoms with Gasteiger partial charge in [0.05, 0.1) is 19.3 Å². The fourth-order valence-electron chi connectivity index (χ4n) is 2.51. The van der Waals surface area contributed by atoms with Crippen LogP contribution in [0.3, 0.4) is 0 Å². The molecule has 1 aromatic heterocycles. The van der Waals surface area contributed by atoms with Crippen LogP contribution < -0.4 is 0 Å². The monoisotopic (exact) mass is 306 g/mol. The number of aliphatic hydroxyl groups is 1. The van der Waals surface area contributed by atoms with Gasteiger partial charge in [0, 0.05) is 17.5 Å². The lowest BCUT2D eigenvalue weighted by Crippen LogP contribution is -2.27. The lowest BCUT2D eigenvalue weighted by molar-refractivity contribution is -0.00716. The molecule has 0 saturated carbocycles. The number of phenols is 1. The van der Waals surface area contributed by atoms with Crippen molar-refractivity contribution in [2.45, 2.75) is 26.1 Å². The third kappa shape index (κ3) is 2.60. The van der Waals surface area contributed by atoms with E-state index in [0.29, 0.717) is 22.8 Å². The minimum Gasteiger partial charge on any atom is -0.507 e. The Morgan fingerprint density at radius 2 is 2.14 bits per heavy atom. The summed E-state index contributed by atoms with van der Waals surface area (Å²) in [4.78, 5) is 0. The van der Waals surface area contributed by atoms with Crippen LogP contribution in [0.2, 0.25) is 5.15 Å². The minimum atomic E-state index is -0.288. The van der Waals surface area contributed by atoms with E-state index in [4.69, 9.17) is 16.3 Å². The molecule has 0 amide bonds. The summed E-state index contributed by atoms with van der Waals surface area (Å²) < 4.78 is 5.51. The van der Waals surface area contributed by atoms with Crippen molar-refractivity contribution in [2.75, 3.05) is 6.61 Å². The summed E-state index contributed by atoms with van der Waals surface area (Å²) in [6.45, 7) is 2.12. The molecule has 1 aliphatic heterocycles. The van der Waals surface area contributed by atoms with Gasteiger partial charge < -0.3 is 14.9 Å². The van der Waals surface area contributed by atoms with Gasteiger partial charge in [-0.15, -0.1) is 10.2 Å². The SMILES string of the molecule is Cc1ccc(-c2nnc(Cl)c3c2C[C@@H](CO)OC3)c(O)c1. The summed E-state index contributed by atoms with van der Waals surface area (Å²) in [6, 6.07) is 5.40. The number of nitrogens with zero attached hydrogens (tertiary/aromatic N) is 2. The van der Waals surface area contributed by atoms with Gasteiger partial charge in [-0.2, -0.15) is 0 Å². The number of halogens is 1. The first-order valence-electron chi connectivity index (χ1n) is 6.66. The molecule has 0 bridgehead atoms. The molecule has 0 radical (unpaired) electrons. The van der Waals surface area contributed by atoms with Crippen LogP contribution in [0, 0.1) is 6.92 Å². The van der Waals surface area contributed by atoms with Crippen LogP contribution in [-0.2, 0) is 17.8 Å². The van der Waals surface area contributed by atoms with E-state index in [1.54, 1.807) is 6.07 Å². The zero-order chi connectivity index (χ0) is 15.0. The fraction of sp³-hybridized carbons (Fsp3) is 0.333. The molecule has 6 heteroatoms. The number of benzene rings is 1. The van der Waals surface area contributed by atoms with E-state index < -0.39 is 0 Å². The van der Waals surface area contributed by atoms with E-state index in [0.717, 1.165) is 16.7 Å². The highest BCUT2D eigenvalue weighted by Crippen LogP contribution is 2.36. The van der Waals surface area contributed by atoms with E-state index in [-0.39, 0.29) is 25.1 Å². The molecule has 2 aromatic rings. The number of aromatic nitrogens is 2. The molecule has 2 N–H and O–H groups in total. The van der Waals surface area contributed by atoms with Crippen molar-refractivity contribution in [1.29, 1.82) is 0 Å². The number of aromatic hydroxyl groups is 1. The van der Waals surface area contributed by atoms with Crippen LogP contribution in [0.5, 0.6) is 5.75 Å². The number of ether oxygens (including phenoxy) is 1. The third-order valence-corrected chi connectivity index (χ3v) is 3.95. The van der Waals surface area contributed by atoms with E-state index in [9.17, 15) is 10.2 Å². The van der Waals surface area contributed by atoms with Crippen LogP contribution in [0.15, 0.2) is 18.2 Å². The Bertz CT molecular complexity index is 691. The van der Waals surface area contributed by atoms with Gasteiger partial charge >= 0.3 is 0 Å². The molecule has 0 spiro atoms. The van der Waals surface area contributed by atoms with Gasteiger partial charge in [0.15, 0.2) is 5.15 Å². The summed E-state index contributed by atoms with van der Waals surface area (Å²) in [5.74, 6) is 0.154. The Morgan fingerprint density at radius 3 is 2.86 bits per heavy atom. The summed E-state index contributed by atoms with van der Waals surface area (Å²) in [6.07, 6.45) is 0.202. The number of fused-ring (bicyclic) bond motifs is 1. The van der Waals surface area contributed by atoms with E-state index in [1.165, 1.54) is 0 Å². The third-order valence-electron chi connectivity index (χ3n) is 3.64. The number of hydrogen-bond acceptors (Lipinski definition) is 5. The molecule has 5 nitrogen and oxygen atoms in total. The molecule has 1 atom stereocenters. The fourth-order valence-corrected chi connectivity index (χ4v) is 2.72. The van der Waals surface area contributed by atoms with Crippen molar-refractivity contribution in [3.63, 3.8) is 0 Å². The summed E-state index contributed by atoms with van der Waals surface area (Å²) >= 11 is 6.08. The topological polar surface area (TPSA) is 75.5 Å². The van der Waals surface area contributed by atoms with Crippen molar-refractivity contribution in [3.8, 4) is 17.0 Å². The molecule has 1 aliphatic rings. The molecule has 3 rings (SSSR count). The number of hydrogen-bond donors (Lipinski definition) is 2. The van der Waals surface area contributed by atoms with Gasteiger partial charge in [-0.05, 0) is 30.2 Å². The molecule has 0 saturated heterocycles. The minimum absolute atomic E-state index is 0.0707. The Kier molecular flexibility index (Phi) is 3.80. The maximum absolute atomic E-state index is 10.2. The average Bonchev–Trinajstić information content (AvgIpc) is 2.48. The summed E-state index contributed by atoms with van der Waals surface area (Å²) in [7, 11) is 0. The number of rotatable bonds is 2. The summed E-state index contributed by atoms with van der Waals surface area (Å²) in [5, 5.41) is 27.8. The second kappa shape index (κ2) is 5.60. The van der Waals surface area contributed by atoms with Gasteiger partial charge in [-0.1, -0.05) is 17.7 Å². The second-order valence-corrected chi connectivity index (χ2v) is 5.49. The molecule has 21 heavy (non-hydrogen) atoms. The quantitative estimate of drug-likeness (QED) is 0.890. The smallest absolute Gasteiger partial charge is 0.157 e. The molecule has 0 unspecified atom stereocenters. The van der Waals surface area contributed by atoms with Crippen LogP contribution in [0.4, 0.5) is 0 Å². The molecular weight excluding hydrogens is 292 g/mol. The predicted octanol–water partition coefficient (Wildman–Crippen LogP) is 2.24. The van der Waals surface area contributed by atoms with Gasteiger partial charge in [0.25, 0.3) is 0 Å². The van der Waals surface area contributed by atoms with Gasteiger partial charge in [0.2, 0.25) is 0 Å². The number of aliphatic hydroxyl groups excluding tert-OH is 1. The first-order valence-corrected chi connectivity index (χ1v) is 7.04. The van der Waals surface area contributed by atoms with Crippen LogP contribution in [-0.4, -0.2) is 33.1 Å². The normalized spacial score (nSPS) is 17.6. The molecule has 2 heterocycles. The van der Waals surface area contributed by atoms with Crippen LogP contribution in [0.1, 0.15) is 16.7 Å². The van der Waals surface area contributed by atoms with Gasteiger partial charge in [0.1, 0.15) is 11.4 Å². The molecule has 0 aliphatic carbocycles. The number of aryl methyl sites for hydroxylation is 1. The first kappa shape index (κ1) is 14.3. The van der Waals surface area contributed by atoms with Crippen molar-refractivity contribution in [3.05, 3.63) is 40.0 Å². The van der Waals surface area contributed by atoms with Gasteiger partial charge in [-0.25, -0.2) is 0 Å². The van der Waals surface area contributed by atoms with E-state index in [1.807, 2.05) is 19.1 Å². The van der Waals surface area contributed by atoms with E-state index in [2.05, 4.69) is 10.2 Å². The Hall–Kier alpha value is -1.69. The largest absolute Gasteiger partial charge is 0.507 e. The zero-order valence-electron chi connectivity index (χ0n) is 11.5. The van der Waals surface area contributed by atoms with Crippen molar-refractivity contribution >= 4 is 11.6 Å². The summed E-state index contributed by atoms with van der Waals surface area (Å²) in [5.41, 5.74) is 3.81. The maximum atomic E-state index is 10.2. The molecular formula is C15H15ClN2O3. The van der Waals surface area contributed by atoms with Crippen LogP contribution in [0.25, 0.3) is 11.3 Å². The highest BCUT2D eigenvalue weighted by Gasteiger charge is 2.26. The zero-order valence-corrected chi connectivity index (χ0v) is 12.3. The van der Waals surface area contributed by atoms with Gasteiger partial charge in [-0.3, -0.25) is 0 Å². The predicted molar refractivity (Wildman–Crippen MR) is 78.2 cm³/mol. The highest BCUT2D eigenvalue weighted by molar-refractivity contribution is 6.30. The maximum Gasteiger partial charge on any atom is 0.157 e. The molecule has 110 valence electrons. The van der Waals surface area contributed by atoms with Crippen molar-refractivity contribution < 1.29 is 14.9 Å². The van der Waals surface area contributed by atoms with Crippen molar-refractivity contribution in [2.24, 2.45) is 0 Å². The molecule has 1 aromatic carbocycles. The highest BCUT2D eigenvalue weighted by atomic mass is 35.5. The van der Waals surface area contributed by atoms with E-state index >= 15 is 0 Å². The Balaban J connectivity index is 2.15. The lowest BCUT2D eigenvalue weighted by atomic mass is 9.95. The Labute approximate surface area is 127 Å². The molecule has 0 fully saturated rings.